The molecule has 0 aromatic carbocycles. The summed E-state index contributed by atoms with van der Waals surface area (Å²) in [6.07, 6.45) is 5.72. The van der Waals surface area contributed by atoms with Crippen LogP contribution in [0.3, 0.4) is 0 Å². The lowest BCUT2D eigenvalue weighted by molar-refractivity contribution is 0.479. The normalized spacial score (nSPS) is 17.2. The molecule has 0 radical (unpaired) electrons. The van der Waals surface area contributed by atoms with E-state index in [0.717, 1.165) is 24.6 Å². The fraction of sp³-hybridized carbons (Fsp3) is 0.421. The van der Waals surface area contributed by atoms with Gasteiger partial charge in [-0.1, -0.05) is 0 Å². The largest absolute Gasteiger partial charge is 0.351 e. The maximum absolute atomic E-state index is 12.6. The molecule has 8 heteroatoms. The van der Waals surface area contributed by atoms with Gasteiger partial charge < -0.3 is 9.80 Å². The van der Waals surface area contributed by atoms with Gasteiger partial charge in [0.15, 0.2) is 5.82 Å². The predicted octanol–water partition coefficient (Wildman–Crippen LogP) is 1.32. The van der Waals surface area contributed by atoms with Gasteiger partial charge in [0.25, 0.3) is 5.56 Å². The number of hydrogen-bond acceptors (Lipinski definition) is 7. The number of hydrogen-bond donors (Lipinski definition) is 0. The number of rotatable bonds is 4. The number of likely N-dealkylation sites (N-methyl/N-ethyl adjacent to an activating group) is 1. The van der Waals surface area contributed by atoms with Crippen molar-refractivity contribution >= 4 is 22.7 Å². The highest BCUT2D eigenvalue weighted by atomic mass is 16.1. The van der Waals surface area contributed by atoms with Crippen LogP contribution in [-0.4, -0.2) is 50.9 Å². The highest BCUT2D eigenvalue weighted by Crippen LogP contribution is 2.39. The summed E-state index contributed by atoms with van der Waals surface area (Å²) in [5, 5.41) is 9.33. The highest BCUT2D eigenvalue weighted by Gasteiger charge is 2.33. The molecule has 138 valence electrons. The Morgan fingerprint density at radius 2 is 1.96 bits per heavy atom. The van der Waals surface area contributed by atoms with Crippen molar-refractivity contribution in [3.63, 3.8) is 0 Å². The van der Waals surface area contributed by atoms with Gasteiger partial charge in [0.05, 0.1) is 28.8 Å². The third kappa shape index (κ3) is 2.72. The van der Waals surface area contributed by atoms with Gasteiger partial charge in [-0.25, -0.2) is 4.98 Å². The second-order valence-corrected chi connectivity index (χ2v) is 7.43. The van der Waals surface area contributed by atoms with Crippen LogP contribution < -0.4 is 15.4 Å². The van der Waals surface area contributed by atoms with Crippen molar-refractivity contribution in [3.05, 3.63) is 46.6 Å². The number of aromatic nitrogens is 5. The molecule has 2 fully saturated rings. The summed E-state index contributed by atoms with van der Waals surface area (Å²) in [6, 6.07) is 6.14. The van der Waals surface area contributed by atoms with E-state index in [1.54, 1.807) is 30.1 Å². The average Bonchev–Trinajstić information content (AvgIpc) is 3.49. The van der Waals surface area contributed by atoms with Crippen LogP contribution in [0.25, 0.3) is 10.9 Å². The van der Waals surface area contributed by atoms with Crippen LogP contribution in [0.5, 0.6) is 0 Å². The SMILES string of the molecule is CN(c1nc2cnccc2c(=O)n1C)C1CN(c2ccc(C3CC3)nn2)C1. The monoisotopic (exact) mass is 363 g/mol. The number of anilines is 2. The molecule has 0 spiro atoms. The van der Waals surface area contributed by atoms with Crippen molar-refractivity contribution < 1.29 is 0 Å². The first kappa shape index (κ1) is 16.2. The summed E-state index contributed by atoms with van der Waals surface area (Å²) in [5.41, 5.74) is 1.68. The average molecular weight is 363 g/mol. The van der Waals surface area contributed by atoms with E-state index in [0.29, 0.717) is 22.8 Å². The molecule has 3 aromatic rings. The van der Waals surface area contributed by atoms with Gasteiger partial charge in [-0.05, 0) is 31.0 Å². The van der Waals surface area contributed by atoms with Gasteiger partial charge in [-0.15, -0.1) is 5.10 Å². The maximum Gasteiger partial charge on any atom is 0.262 e. The molecule has 0 N–H and O–H groups in total. The van der Waals surface area contributed by atoms with Gasteiger partial charge >= 0.3 is 0 Å². The summed E-state index contributed by atoms with van der Waals surface area (Å²) in [5.74, 6) is 2.19. The minimum Gasteiger partial charge on any atom is -0.351 e. The molecule has 0 bridgehead atoms. The van der Waals surface area contributed by atoms with Gasteiger partial charge in [-0.2, -0.15) is 5.10 Å². The van der Waals surface area contributed by atoms with Gasteiger partial charge in [-0.3, -0.25) is 14.3 Å². The standard InChI is InChI=1S/C19H21N7O/c1-24(19-21-16-9-20-8-7-14(16)18(27)25(19)2)13-10-26(11-13)17-6-5-15(22-23-17)12-3-4-12/h5-9,12-13H,3-4,10-11H2,1-2H3. The Hall–Kier alpha value is -3.03. The van der Waals surface area contributed by atoms with Crippen molar-refractivity contribution in [2.75, 3.05) is 29.9 Å². The fourth-order valence-electron chi connectivity index (χ4n) is 3.58. The summed E-state index contributed by atoms with van der Waals surface area (Å²) in [7, 11) is 3.74. The van der Waals surface area contributed by atoms with E-state index in [2.05, 4.69) is 42.1 Å². The Morgan fingerprint density at radius 1 is 1.15 bits per heavy atom. The molecule has 1 aliphatic heterocycles. The molecule has 0 amide bonds. The Bertz CT molecular complexity index is 1050. The van der Waals surface area contributed by atoms with E-state index >= 15 is 0 Å². The van der Waals surface area contributed by atoms with Crippen molar-refractivity contribution in [1.29, 1.82) is 0 Å². The zero-order chi connectivity index (χ0) is 18.5. The summed E-state index contributed by atoms with van der Waals surface area (Å²) in [4.78, 5) is 25.6. The molecule has 8 nitrogen and oxygen atoms in total. The van der Waals surface area contributed by atoms with Crippen LogP contribution >= 0.6 is 0 Å². The smallest absolute Gasteiger partial charge is 0.262 e. The minimum atomic E-state index is -0.0537. The van der Waals surface area contributed by atoms with Gasteiger partial charge in [0.2, 0.25) is 5.95 Å². The molecule has 0 unspecified atom stereocenters. The second-order valence-electron chi connectivity index (χ2n) is 7.43. The first-order valence-electron chi connectivity index (χ1n) is 9.24. The Kier molecular flexibility index (Phi) is 3.60. The molecule has 4 heterocycles. The van der Waals surface area contributed by atoms with Crippen molar-refractivity contribution in [3.8, 4) is 0 Å². The number of pyridine rings is 1. The molecule has 1 aliphatic carbocycles. The quantitative estimate of drug-likeness (QED) is 0.691. The zero-order valence-corrected chi connectivity index (χ0v) is 15.4. The van der Waals surface area contributed by atoms with E-state index in [-0.39, 0.29) is 11.6 Å². The Labute approximate surface area is 156 Å². The lowest BCUT2D eigenvalue weighted by atomic mass is 10.1. The summed E-state index contributed by atoms with van der Waals surface area (Å²) < 4.78 is 1.61. The molecule has 27 heavy (non-hydrogen) atoms. The van der Waals surface area contributed by atoms with E-state index in [4.69, 9.17) is 0 Å². The molecule has 5 rings (SSSR count). The molecule has 2 aliphatic rings. The third-order valence-corrected chi connectivity index (χ3v) is 5.57. The lowest BCUT2D eigenvalue weighted by Gasteiger charge is -2.44. The van der Waals surface area contributed by atoms with E-state index in [1.807, 2.05) is 7.05 Å². The third-order valence-electron chi connectivity index (χ3n) is 5.57. The Balaban J connectivity index is 1.34. The van der Waals surface area contributed by atoms with Crippen molar-refractivity contribution in [2.45, 2.75) is 24.8 Å². The Morgan fingerprint density at radius 3 is 2.67 bits per heavy atom. The fourth-order valence-corrected chi connectivity index (χ4v) is 3.58. The van der Waals surface area contributed by atoms with Crippen LogP contribution in [0.15, 0.2) is 35.4 Å². The topological polar surface area (TPSA) is 80.0 Å². The van der Waals surface area contributed by atoms with E-state index in [9.17, 15) is 4.79 Å². The highest BCUT2D eigenvalue weighted by molar-refractivity contribution is 5.77. The van der Waals surface area contributed by atoms with Crippen LogP contribution in [0.1, 0.15) is 24.5 Å². The lowest BCUT2D eigenvalue weighted by Crippen LogP contribution is -2.59. The van der Waals surface area contributed by atoms with Crippen LogP contribution in [0, 0.1) is 0 Å². The van der Waals surface area contributed by atoms with E-state index < -0.39 is 0 Å². The number of fused-ring (bicyclic) bond motifs is 1. The minimum absolute atomic E-state index is 0.0537. The molecule has 0 atom stereocenters. The molecular weight excluding hydrogens is 342 g/mol. The van der Waals surface area contributed by atoms with Gasteiger partial charge in [0, 0.05) is 39.3 Å². The predicted molar refractivity (Wildman–Crippen MR) is 103 cm³/mol. The zero-order valence-electron chi connectivity index (χ0n) is 15.4. The van der Waals surface area contributed by atoms with Crippen molar-refractivity contribution in [2.24, 2.45) is 7.05 Å². The van der Waals surface area contributed by atoms with Crippen LogP contribution in [-0.2, 0) is 7.05 Å². The van der Waals surface area contributed by atoms with Crippen LogP contribution in [0.4, 0.5) is 11.8 Å². The van der Waals surface area contributed by atoms with E-state index in [1.165, 1.54) is 12.8 Å². The van der Waals surface area contributed by atoms with Crippen molar-refractivity contribution in [1.82, 2.24) is 24.7 Å². The first-order chi connectivity index (χ1) is 13.1. The summed E-state index contributed by atoms with van der Waals surface area (Å²) in [6.45, 7) is 1.66. The molecule has 1 saturated carbocycles. The molecule has 3 aromatic heterocycles. The summed E-state index contributed by atoms with van der Waals surface area (Å²) >= 11 is 0. The maximum atomic E-state index is 12.6. The molecular formula is C19H21N7O. The number of nitrogens with zero attached hydrogens (tertiary/aromatic N) is 7. The second kappa shape index (κ2) is 6.00. The van der Waals surface area contributed by atoms with Crippen LogP contribution in [0.2, 0.25) is 0 Å². The molecule has 1 saturated heterocycles. The first-order valence-corrected chi connectivity index (χ1v) is 9.24. The van der Waals surface area contributed by atoms with Gasteiger partial charge in [0.1, 0.15) is 0 Å².